The molecule has 2 aliphatic rings. The van der Waals surface area contributed by atoms with Crippen LogP contribution in [0.1, 0.15) is 32.1 Å². The average Bonchev–Trinajstić information content (AvgIpc) is 3.14. The Bertz CT molecular complexity index is 613. The van der Waals surface area contributed by atoms with Gasteiger partial charge in [-0.1, -0.05) is 41.9 Å². The van der Waals surface area contributed by atoms with Gasteiger partial charge in [-0.05, 0) is 38.8 Å². The number of likely N-dealkylation sites (tertiary alicyclic amines) is 1. The molecule has 2 saturated heterocycles. The van der Waals surface area contributed by atoms with E-state index in [1.54, 1.807) is 0 Å². The van der Waals surface area contributed by atoms with E-state index in [-0.39, 0.29) is 0 Å². The molecule has 23 heavy (non-hydrogen) atoms. The molecule has 0 N–H and O–H groups in total. The maximum absolute atomic E-state index is 5.49. The van der Waals surface area contributed by atoms with Crippen LogP contribution in [-0.2, 0) is 0 Å². The number of benzene rings is 1. The minimum atomic E-state index is 0.668. The van der Waals surface area contributed by atoms with Crippen molar-refractivity contribution in [3.63, 3.8) is 0 Å². The molecule has 0 aliphatic carbocycles. The summed E-state index contributed by atoms with van der Waals surface area (Å²) < 4.78 is 5.49. The third kappa shape index (κ3) is 3.24. The monoisotopic (exact) mass is 312 g/mol. The second kappa shape index (κ2) is 6.71. The van der Waals surface area contributed by atoms with Crippen LogP contribution in [0.2, 0.25) is 0 Å². The first-order valence-corrected chi connectivity index (χ1v) is 8.78. The highest BCUT2D eigenvalue weighted by Gasteiger charge is 2.27. The van der Waals surface area contributed by atoms with Gasteiger partial charge >= 0.3 is 6.01 Å². The molecule has 0 unspecified atom stereocenters. The standard InChI is InChI=1S/C18H24N4O/c1-3-7-15(8-4-1)17-19-18(23-20-17)22-13-9-16(10-14-22)21-11-5-2-6-12-21/h1,3-4,7-8,16H,2,5-6,9-14H2. The summed E-state index contributed by atoms with van der Waals surface area (Å²) in [4.78, 5) is 9.50. The van der Waals surface area contributed by atoms with Crippen LogP contribution < -0.4 is 4.90 Å². The lowest BCUT2D eigenvalue weighted by Gasteiger charge is -2.39. The molecule has 0 atom stereocenters. The second-order valence-electron chi connectivity index (χ2n) is 6.58. The Labute approximate surface area is 137 Å². The Morgan fingerprint density at radius 3 is 2.39 bits per heavy atom. The van der Waals surface area contributed by atoms with Crippen LogP contribution >= 0.6 is 0 Å². The number of piperidine rings is 2. The van der Waals surface area contributed by atoms with Gasteiger partial charge in [0.15, 0.2) is 0 Å². The summed E-state index contributed by atoms with van der Waals surface area (Å²) in [6.45, 7) is 4.59. The average molecular weight is 312 g/mol. The zero-order valence-electron chi connectivity index (χ0n) is 13.5. The summed E-state index contributed by atoms with van der Waals surface area (Å²) >= 11 is 0. The van der Waals surface area contributed by atoms with E-state index < -0.39 is 0 Å². The van der Waals surface area contributed by atoms with E-state index in [0.717, 1.165) is 24.7 Å². The van der Waals surface area contributed by atoms with Crippen molar-refractivity contribution in [3.8, 4) is 11.4 Å². The van der Waals surface area contributed by atoms with Gasteiger partial charge in [-0.15, -0.1) is 0 Å². The lowest BCUT2D eigenvalue weighted by atomic mass is 10.0. The van der Waals surface area contributed by atoms with Crippen molar-refractivity contribution in [3.05, 3.63) is 30.3 Å². The molecule has 0 saturated carbocycles. The summed E-state index contributed by atoms with van der Waals surface area (Å²) in [5.41, 5.74) is 1.01. The molecule has 0 spiro atoms. The van der Waals surface area contributed by atoms with Gasteiger partial charge in [0.05, 0.1) is 0 Å². The number of hydrogen-bond acceptors (Lipinski definition) is 5. The highest BCUT2D eigenvalue weighted by Crippen LogP contribution is 2.25. The first-order chi connectivity index (χ1) is 11.4. The Hall–Kier alpha value is -1.88. The molecule has 0 radical (unpaired) electrons. The van der Waals surface area contributed by atoms with Crippen molar-refractivity contribution < 1.29 is 4.52 Å². The molecule has 5 nitrogen and oxygen atoms in total. The van der Waals surface area contributed by atoms with Crippen molar-refractivity contribution in [2.75, 3.05) is 31.1 Å². The minimum absolute atomic E-state index is 0.668. The smallest absolute Gasteiger partial charge is 0.324 e. The van der Waals surface area contributed by atoms with Gasteiger partial charge in [-0.2, -0.15) is 4.98 Å². The maximum atomic E-state index is 5.49. The molecular weight excluding hydrogens is 288 g/mol. The van der Waals surface area contributed by atoms with Crippen LogP contribution in [0, 0.1) is 0 Å². The lowest BCUT2D eigenvalue weighted by Crippen LogP contribution is -2.46. The van der Waals surface area contributed by atoms with Gasteiger partial charge in [0.2, 0.25) is 5.82 Å². The Kier molecular flexibility index (Phi) is 4.28. The van der Waals surface area contributed by atoms with Gasteiger partial charge in [0.1, 0.15) is 0 Å². The predicted molar refractivity (Wildman–Crippen MR) is 90.4 cm³/mol. The number of aromatic nitrogens is 2. The van der Waals surface area contributed by atoms with Gasteiger partial charge in [0.25, 0.3) is 0 Å². The van der Waals surface area contributed by atoms with Crippen LogP contribution in [0.4, 0.5) is 6.01 Å². The van der Waals surface area contributed by atoms with Crippen molar-refractivity contribution in [1.82, 2.24) is 15.0 Å². The summed E-state index contributed by atoms with van der Waals surface area (Å²) in [7, 11) is 0. The molecule has 3 heterocycles. The van der Waals surface area contributed by atoms with Crippen molar-refractivity contribution >= 4 is 6.01 Å². The normalized spacial score (nSPS) is 20.8. The van der Waals surface area contributed by atoms with Crippen molar-refractivity contribution in [1.29, 1.82) is 0 Å². The molecule has 1 aromatic heterocycles. The Morgan fingerprint density at radius 2 is 1.65 bits per heavy atom. The molecule has 0 amide bonds. The van der Waals surface area contributed by atoms with E-state index in [9.17, 15) is 0 Å². The van der Waals surface area contributed by atoms with E-state index in [4.69, 9.17) is 4.52 Å². The molecule has 2 aliphatic heterocycles. The molecule has 1 aromatic carbocycles. The van der Waals surface area contributed by atoms with Crippen LogP contribution in [0.5, 0.6) is 0 Å². The van der Waals surface area contributed by atoms with Gasteiger partial charge < -0.3 is 14.3 Å². The number of hydrogen-bond donors (Lipinski definition) is 0. The number of anilines is 1. The number of nitrogens with zero attached hydrogens (tertiary/aromatic N) is 4. The van der Waals surface area contributed by atoms with E-state index in [1.165, 1.54) is 45.2 Å². The molecule has 0 bridgehead atoms. The minimum Gasteiger partial charge on any atom is -0.324 e. The molecule has 4 rings (SSSR count). The fourth-order valence-electron chi connectivity index (χ4n) is 3.75. The van der Waals surface area contributed by atoms with E-state index in [1.807, 2.05) is 30.3 Å². The van der Waals surface area contributed by atoms with Crippen LogP contribution in [-0.4, -0.2) is 47.3 Å². The lowest BCUT2D eigenvalue weighted by molar-refractivity contribution is 0.140. The van der Waals surface area contributed by atoms with E-state index in [2.05, 4.69) is 19.9 Å². The zero-order valence-corrected chi connectivity index (χ0v) is 13.5. The fraction of sp³-hybridized carbons (Fsp3) is 0.556. The zero-order chi connectivity index (χ0) is 15.5. The SMILES string of the molecule is c1ccc(-c2noc(N3CCC(N4CCCCC4)CC3)n2)cc1. The fourth-order valence-corrected chi connectivity index (χ4v) is 3.75. The highest BCUT2D eigenvalue weighted by atomic mass is 16.5. The molecule has 2 aromatic rings. The maximum Gasteiger partial charge on any atom is 0.324 e. The van der Waals surface area contributed by atoms with Crippen LogP contribution in [0.25, 0.3) is 11.4 Å². The van der Waals surface area contributed by atoms with E-state index in [0.29, 0.717) is 11.8 Å². The van der Waals surface area contributed by atoms with Crippen LogP contribution in [0.15, 0.2) is 34.9 Å². The largest absolute Gasteiger partial charge is 0.324 e. The third-order valence-electron chi connectivity index (χ3n) is 5.09. The predicted octanol–water partition coefficient (Wildman–Crippen LogP) is 3.19. The molecular formula is C18H24N4O. The van der Waals surface area contributed by atoms with Gasteiger partial charge in [0, 0.05) is 24.7 Å². The summed E-state index contributed by atoms with van der Waals surface area (Å²) in [5.74, 6) is 0.679. The topological polar surface area (TPSA) is 45.4 Å². The molecule has 2 fully saturated rings. The molecule has 122 valence electrons. The summed E-state index contributed by atoms with van der Waals surface area (Å²) in [6.07, 6.45) is 6.53. The van der Waals surface area contributed by atoms with Gasteiger partial charge in [-0.25, -0.2) is 0 Å². The molecule has 5 heteroatoms. The summed E-state index contributed by atoms with van der Waals surface area (Å²) in [6, 6.07) is 11.4. The van der Waals surface area contributed by atoms with Crippen molar-refractivity contribution in [2.24, 2.45) is 0 Å². The van der Waals surface area contributed by atoms with E-state index >= 15 is 0 Å². The Morgan fingerprint density at radius 1 is 0.913 bits per heavy atom. The second-order valence-corrected chi connectivity index (χ2v) is 6.58. The summed E-state index contributed by atoms with van der Waals surface area (Å²) in [5, 5.41) is 4.13. The number of rotatable bonds is 3. The highest BCUT2D eigenvalue weighted by molar-refractivity contribution is 5.55. The quantitative estimate of drug-likeness (QED) is 0.871. The third-order valence-corrected chi connectivity index (χ3v) is 5.09. The van der Waals surface area contributed by atoms with Crippen molar-refractivity contribution in [2.45, 2.75) is 38.1 Å². The van der Waals surface area contributed by atoms with Crippen LogP contribution in [0.3, 0.4) is 0 Å². The first kappa shape index (κ1) is 14.7. The first-order valence-electron chi connectivity index (χ1n) is 8.78. The Balaban J connectivity index is 1.38. The van der Waals surface area contributed by atoms with Gasteiger partial charge in [-0.3, -0.25) is 0 Å².